The van der Waals surface area contributed by atoms with Crippen LogP contribution in [0.15, 0.2) is 36.5 Å². The normalized spacial score (nSPS) is 13.8. The SMILES string of the molecule is Cc1c(Cl)cccc1Nc1ccc(C(=O)NC2CC2)nc1. The molecule has 21 heavy (non-hydrogen) atoms. The van der Waals surface area contributed by atoms with Crippen LogP contribution in [0.5, 0.6) is 0 Å². The third-order valence-corrected chi connectivity index (χ3v) is 3.86. The number of amides is 1. The molecule has 108 valence electrons. The van der Waals surface area contributed by atoms with Gasteiger partial charge in [-0.3, -0.25) is 4.79 Å². The van der Waals surface area contributed by atoms with Gasteiger partial charge >= 0.3 is 0 Å². The molecule has 1 aromatic carbocycles. The van der Waals surface area contributed by atoms with Gasteiger partial charge < -0.3 is 10.6 Å². The molecule has 0 unspecified atom stereocenters. The van der Waals surface area contributed by atoms with E-state index in [1.165, 1.54) is 0 Å². The molecule has 1 aliphatic rings. The van der Waals surface area contributed by atoms with Crippen LogP contribution in [0.4, 0.5) is 11.4 Å². The Kier molecular flexibility index (Phi) is 3.80. The van der Waals surface area contributed by atoms with E-state index in [1.807, 2.05) is 31.2 Å². The molecular formula is C16H16ClN3O. The Balaban J connectivity index is 1.71. The molecule has 3 rings (SSSR count). The van der Waals surface area contributed by atoms with Crippen LogP contribution in [-0.4, -0.2) is 16.9 Å². The molecule has 0 atom stereocenters. The van der Waals surface area contributed by atoms with Crippen molar-refractivity contribution in [3.05, 3.63) is 52.8 Å². The van der Waals surface area contributed by atoms with Gasteiger partial charge in [0.2, 0.25) is 0 Å². The number of benzene rings is 1. The molecular weight excluding hydrogens is 286 g/mol. The zero-order valence-electron chi connectivity index (χ0n) is 11.7. The standard InChI is InChI=1S/C16H16ClN3O/c1-10-13(17)3-2-4-14(10)19-12-7-8-15(18-9-12)16(21)20-11-5-6-11/h2-4,7-9,11,19H,5-6H2,1H3,(H,20,21). The van der Waals surface area contributed by atoms with Crippen LogP contribution in [-0.2, 0) is 0 Å². The van der Waals surface area contributed by atoms with Crippen molar-refractivity contribution in [1.29, 1.82) is 0 Å². The van der Waals surface area contributed by atoms with Crippen LogP contribution >= 0.6 is 11.6 Å². The number of carbonyl (C=O) groups is 1. The van der Waals surface area contributed by atoms with Crippen molar-refractivity contribution in [1.82, 2.24) is 10.3 Å². The second kappa shape index (κ2) is 5.74. The highest BCUT2D eigenvalue weighted by molar-refractivity contribution is 6.31. The molecule has 2 N–H and O–H groups in total. The van der Waals surface area contributed by atoms with Crippen molar-refractivity contribution < 1.29 is 4.79 Å². The number of carbonyl (C=O) groups excluding carboxylic acids is 1. The lowest BCUT2D eigenvalue weighted by atomic mass is 10.2. The summed E-state index contributed by atoms with van der Waals surface area (Å²) >= 11 is 6.09. The van der Waals surface area contributed by atoms with Gasteiger partial charge in [-0.05, 0) is 49.6 Å². The number of aromatic nitrogens is 1. The maximum absolute atomic E-state index is 11.9. The van der Waals surface area contributed by atoms with Crippen molar-refractivity contribution in [2.24, 2.45) is 0 Å². The van der Waals surface area contributed by atoms with Gasteiger partial charge in [-0.2, -0.15) is 0 Å². The first kappa shape index (κ1) is 13.9. The Bertz CT molecular complexity index is 666. The molecule has 1 heterocycles. The first-order valence-electron chi connectivity index (χ1n) is 6.92. The smallest absolute Gasteiger partial charge is 0.270 e. The Morgan fingerprint density at radius 2 is 2.10 bits per heavy atom. The summed E-state index contributed by atoms with van der Waals surface area (Å²) in [5.74, 6) is -0.108. The van der Waals surface area contributed by atoms with E-state index in [4.69, 9.17) is 11.6 Å². The van der Waals surface area contributed by atoms with Gasteiger partial charge in [-0.1, -0.05) is 17.7 Å². The Morgan fingerprint density at radius 3 is 2.76 bits per heavy atom. The summed E-state index contributed by atoms with van der Waals surface area (Å²) in [6, 6.07) is 9.60. The average molecular weight is 302 g/mol. The van der Waals surface area contributed by atoms with Gasteiger partial charge in [0.05, 0.1) is 11.9 Å². The predicted octanol–water partition coefficient (Wildman–Crippen LogP) is 3.68. The Morgan fingerprint density at radius 1 is 1.29 bits per heavy atom. The average Bonchev–Trinajstić information content (AvgIpc) is 3.28. The van der Waals surface area contributed by atoms with Gasteiger partial charge in [0.15, 0.2) is 0 Å². The quantitative estimate of drug-likeness (QED) is 0.906. The van der Waals surface area contributed by atoms with E-state index in [0.29, 0.717) is 16.8 Å². The van der Waals surface area contributed by atoms with Crippen LogP contribution in [0, 0.1) is 6.92 Å². The maximum atomic E-state index is 11.9. The molecule has 0 bridgehead atoms. The van der Waals surface area contributed by atoms with E-state index in [1.54, 1.807) is 12.3 Å². The summed E-state index contributed by atoms with van der Waals surface area (Å²) in [6.45, 7) is 1.95. The van der Waals surface area contributed by atoms with Crippen molar-refractivity contribution in [2.45, 2.75) is 25.8 Å². The highest BCUT2D eigenvalue weighted by atomic mass is 35.5. The molecule has 0 saturated heterocycles. The fourth-order valence-corrected chi connectivity index (χ4v) is 2.16. The molecule has 1 fully saturated rings. The lowest BCUT2D eigenvalue weighted by Gasteiger charge is -2.10. The van der Waals surface area contributed by atoms with Crippen molar-refractivity contribution in [2.75, 3.05) is 5.32 Å². The van der Waals surface area contributed by atoms with E-state index in [2.05, 4.69) is 15.6 Å². The minimum Gasteiger partial charge on any atom is -0.354 e. The summed E-state index contributed by atoms with van der Waals surface area (Å²) in [5, 5.41) is 6.89. The first-order valence-corrected chi connectivity index (χ1v) is 7.30. The van der Waals surface area contributed by atoms with Crippen molar-refractivity contribution >= 4 is 28.9 Å². The molecule has 1 saturated carbocycles. The lowest BCUT2D eigenvalue weighted by molar-refractivity contribution is 0.0946. The Hall–Kier alpha value is -2.07. The number of hydrogen-bond acceptors (Lipinski definition) is 3. The van der Waals surface area contributed by atoms with Crippen LogP contribution < -0.4 is 10.6 Å². The molecule has 0 aliphatic heterocycles. The van der Waals surface area contributed by atoms with Crippen molar-refractivity contribution in [3.63, 3.8) is 0 Å². The van der Waals surface area contributed by atoms with Crippen LogP contribution in [0.3, 0.4) is 0 Å². The summed E-state index contributed by atoms with van der Waals surface area (Å²) in [6.07, 6.45) is 3.79. The van der Waals surface area contributed by atoms with Gasteiger partial charge in [0.25, 0.3) is 5.91 Å². The summed E-state index contributed by atoms with van der Waals surface area (Å²) in [5.41, 5.74) is 3.17. The van der Waals surface area contributed by atoms with Crippen LogP contribution in [0.25, 0.3) is 0 Å². The molecule has 1 aromatic heterocycles. The van der Waals surface area contributed by atoms with E-state index in [-0.39, 0.29) is 5.91 Å². The minimum absolute atomic E-state index is 0.108. The van der Waals surface area contributed by atoms with Crippen LogP contribution in [0.1, 0.15) is 28.9 Å². The van der Waals surface area contributed by atoms with E-state index < -0.39 is 0 Å². The summed E-state index contributed by atoms with van der Waals surface area (Å²) in [4.78, 5) is 16.1. The molecule has 2 aromatic rings. The fourth-order valence-electron chi connectivity index (χ4n) is 1.99. The number of pyridine rings is 1. The molecule has 1 amide bonds. The molecule has 0 radical (unpaired) electrons. The van der Waals surface area contributed by atoms with Gasteiger partial charge in [-0.25, -0.2) is 4.98 Å². The second-order valence-electron chi connectivity index (χ2n) is 5.22. The zero-order chi connectivity index (χ0) is 14.8. The predicted molar refractivity (Wildman–Crippen MR) is 84.2 cm³/mol. The second-order valence-corrected chi connectivity index (χ2v) is 5.62. The van der Waals surface area contributed by atoms with E-state index in [9.17, 15) is 4.79 Å². The number of anilines is 2. The third kappa shape index (κ3) is 3.34. The third-order valence-electron chi connectivity index (χ3n) is 3.46. The number of nitrogens with one attached hydrogen (secondary N) is 2. The van der Waals surface area contributed by atoms with Gasteiger partial charge in [0, 0.05) is 16.8 Å². The topological polar surface area (TPSA) is 54.0 Å². The number of halogens is 1. The first-order chi connectivity index (χ1) is 10.1. The highest BCUT2D eigenvalue weighted by Gasteiger charge is 2.24. The largest absolute Gasteiger partial charge is 0.354 e. The van der Waals surface area contributed by atoms with Gasteiger partial charge in [-0.15, -0.1) is 0 Å². The number of rotatable bonds is 4. The van der Waals surface area contributed by atoms with Crippen LogP contribution in [0.2, 0.25) is 5.02 Å². The minimum atomic E-state index is -0.108. The molecule has 4 nitrogen and oxygen atoms in total. The summed E-state index contributed by atoms with van der Waals surface area (Å²) in [7, 11) is 0. The lowest BCUT2D eigenvalue weighted by Crippen LogP contribution is -2.26. The maximum Gasteiger partial charge on any atom is 0.270 e. The molecule has 5 heteroatoms. The molecule has 0 spiro atoms. The number of nitrogens with zero attached hydrogens (tertiary/aromatic N) is 1. The summed E-state index contributed by atoms with van der Waals surface area (Å²) < 4.78 is 0. The Labute approximate surface area is 128 Å². The monoisotopic (exact) mass is 301 g/mol. The van der Waals surface area contributed by atoms with Gasteiger partial charge in [0.1, 0.15) is 5.69 Å². The fraction of sp³-hybridized carbons (Fsp3) is 0.250. The van der Waals surface area contributed by atoms with Crippen molar-refractivity contribution in [3.8, 4) is 0 Å². The van der Waals surface area contributed by atoms with E-state index >= 15 is 0 Å². The number of hydrogen-bond donors (Lipinski definition) is 2. The molecule has 1 aliphatic carbocycles. The highest BCUT2D eigenvalue weighted by Crippen LogP contribution is 2.26. The zero-order valence-corrected chi connectivity index (χ0v) is 12.4. The van der Waals surface area contributed by atoms with E-state index in [0.717, 1.165) is 29.8 Å².